The van der Waals surface area contributed by atoms with Crippen molar-refractivity contribution in [2.45, 2.75) is 0 Å². The van der Waals surface area contributed by atoms with Crippen molar-refractivity contribution < 1.29 is 55.3 Å². The van der Waals surface area contributed by atoms with E-state index in [1.54, 1.807) is 0 Å². The molecule has 0 saturated carbocycles. The topological polar surface area (TPSA) is 146 Å². The van der Waals surface area contributed by atoms with Gasteiger partial charge in [-0.25, -0.2) is 0 Å². The van der Waals surface area contributed by atoms with E-state index in [2.05, 4.69) is 0 Å². The Labute approximate surface area is 114 Å². The zero-order valence-electron chi connectivity index (χ0n) is 4.86. The third-order valence-electron chi connectivity index (χ3n) is 0. The van der Waals surface area contributed by atoms with E-state index in [4.69, 9.17) is 22.0 Å². The Morgan fingerprint density at radius 2 is 1.10 bits per heavy atom. The van der Waals surface area contributed by atoms with E-state index < -0.39 is 38.2 Å². The fraction of sp³-hybridized carbons (Fsp3) is 0. The minimum absolute atomic E-state index is 0. The Balaban J connectivity index is -0.0000000326. The molecule has 2 N–H and O–H groups in total. The summed E-state index contributed by atoms with van der Waals surface area (Å²) >= 11 is -2.51. The van der Waals surface area contributed by atoms with Crippen molar-refractivity contribution in [1.29, 1.82) is 0 Å². The first-order chi connectivity index (χ1) is 3.41. The van der Waals surface area contributed by atoms with Gasteiger partial charge in [0.1, 0.15) is 0 Å². The molecule has 0 aliphatic rings. The summed E-state index contributed by atoms with van der Waals surface area (Å²) in [7, 11) is -5.17. The van der Waals surface area contributed by atoms with E-state index in [0.29, 0.717) is 0 Å². The number of hydrogen-bond acceptors (Lipinski definition) is 6. The van der Waals surface area contributed by atoms with Gasteiger partial charge in [0.2, 0.25) is 0 Å². The van der Waals surface area contributed by atoms with Gasteiger partial charge in [0.15, 0.2) is 0 Å². The molecule has 0 spiro atoms. The van der Waals surface area contributed by atoms with Crippen molar-refractivity contribution >= 4 is 61.8 Å². The molecule has 7 nitrogen and oxygen atoms in total. The monoisotopic (exact) mass is 423 g/mol. The second kappa shape index (κ2) is 13.7. The molecular weight excluding hydrogens is 421 g/mol. The average Bonchev–Trinajstić information content (AvgIpc) is 1.27. The van der Waals surface area contributed by atoms with Crippen LogP contribution in [0.3, 0.4) is 0 Å². The van der Waals surface area contributed by atoms with Crippen molar-refractivity contribution in [2.24, 2.45) is 0 Å². The summed E-state index contributed by atoms with van der Waals surface area (Å²) in [6, 6.07) is 0. The van der Waals surface area contributed by atoms with Gasteiger partial charge in [0.05, 0.1) is 0 Å². The molecule has 0 bridgehead atoms. The van der Waals surface area contributed by atoms with Crippen molar-refractivity contribution in [2.75, 3.05) is 0 Å². The van der Waals surface area contributed by atoms with Crippen LogP contribution in [-0.2, 0) is 14.9 Å². The molecule has 0 atom stereocenters. The van der Waals surface area contributed by atoms with Crippen LogP contribution in [0.2, 0.25) is 0 Å². The van der Waals surface area contributed by atoms with Crippen LogP contribution in [0.25, 0.3) is 0 Å². The molecule has 10 heteroatoms. The van der Waals surface area contributed by atoms with E-state index in [-0.39, 0.29) is 56.9 Å². The van der Waals surface area contributed by atoms with Crippen molar-refractivity contribution in [3.05, 3.63) is 0 Å². The van der Waals surface area contributed by atoms with Crippen LogP contribution in [0.1, 0.15) is 0 Å². The molecule has 0 heterocycles. The van der Waals surface area contributed by atoms with E-state index >= 15 is 0 Å². The predicted molar refractivity (Wildman–Crippen MR) is 21.2 cm³/mol. The van der Waals surface area contributed by atoms with Gasteiger partial charge < -0.3 is 14.6 Å². The van der Waals surface area contributed by atoms with E-state index in [1.165, 1.54) is 0 Å². The average molecular weight is 423 g/mol. The summed E-state index contributed by atoms with van der Waals surface area (Å²) in [5, 5.41) is 0. The molecule has 0 unspecified atom stereocenters. The van der Waals surface area contributed by atoms with Gasteiger partial charge in [-0.1, -0.05) is 0 Å². The molecule has 0 fully saturated rings. The van der Waals surface area contributed by atoms with Crippen molar-refractivity contribution in [3.8, 4) is 0 Å². The molecule has 0 amide bonds. The Morgan fingerprint density at radius 3 is 1.10 bits per heavy atom. The van der Waals surface area contributed by atoms with Gasteiger partial charge in [-0.3, -0.25) is 8.42 Å². The van der Waals surface area contributed by atoms with Crippen LogP contribution in [-0.4, -0.2) is 74.4 Å². The second-order valence-corrected chi connectivity index (χ2v) is 2.00. The maximum absolute atomic E-state index is 8.58. The van der Waals surface area contributed by atoms with E-state index in [1.807, 2.05) is 0 Å². The molecule has 0 aromatic carbocycles. The molecule has 0 aliphatic carbocycles. The Hall–Kier alpha value is 2.12. The SMILES string of the molecule is O.O=S(=O)([O-])[O-].[K].[O]=[U+2]=[O]. The molecule has 0 aromatic heterocycles. The first-order valence-corrected chi connectivity index (χ1v) is 5.81. The quantitative estimate of drug-likeness (QED) is 0.234. The maximum atomic E-state index is 8.58. The van der Waals surface area contributed by atoms with Crippen molar-refractivity contribution in [3.63, 3.8) is 0 Å². The van der Waals surface area contributed by atoms with Crippen LogP contribution < -0.4 is 0 Å². The summed E-state index contributed by atoms with van der Waals surface area (Å²) in [5.41, 5.74) is 0. The Kier molecular flexibility index (Phi) is 31.1. The third kappa shape index (κ3) is 187. The first kappa shape index (κ1) is 22.7. The summed E-state index contributed by atoms with van der Waals surface area (Å²) in [6.07, 6.45) is 0. The number of rotatable bonds is 0. The minimum atomic E-state index is -5.17. The standard InChI is InChI=1S/K.H2O4S.H2O.2O.U/c;1-5(2,3)4;;;;/h;(H2,1,2,3,4);1H2;;;/q;;;;;+2/p-2. The molecule has 0 saturated heterocycles. The van der Waals surface area contributed by atoms with Gasteiger partial charge >= 0.3 is 32.3 Å². The van der Waals surface area contributed by atoms with E-state index in [9.17, 15) is 0 Å². The molecule has 10 heavy (non-hydrogen) atoms. The van der Waals surface area contributed by atoms with Crippen molar-refractivity contribution in [1.82, 2.24) is 0 Å². The zero-order chi connectivity index (χ0) is 7.21. The van der Waals surface area contributed by atoms with Gasteiger partial charge in [0.25, 0.3) is 0 Å². The normalized spacial score (nSPS) is 6.60. The van der Waals surface area contributed by atoms with E-state index in [0.717, 1.165) is 0 Å². The molecule has 0 aromatic rings. The van der Waals surface area contributed by atoms with Crippen LogP contribution in [0.5, 0.6) is 0 Å². The predicted octanol–water partition coefficient (Wildman–Crippen LogP) is -2.78. The fourth-order valence-corrected chi connectivity index (χ4v) is 0. The summed E-state index contributed by atoms with van der Waals surface area (Å²) in [4.78, 5) is 0. The zero-order valence-corrected chi connectivity index (χ0v) is 13.0. The van der Waals surface area contributed by atoms with Crippen LogP contribution in [0.15, 0.2) is 0 Å². The Morgan fingerprint density at radius 1 is 1.10 bits per heavy atom. The first-order valence-electron chi connectivity index (χ1n) is 1.07. The van der Waals surface area contributed by atoms with Gasteiger partial charge in [-0.2, -0.15) is 0 Å². The third-order valence-corrected chi connectivity index (χ3v) is 0. The van der Waals surface area contributed by atoms with Gasteiger partial charge in [-0.05, 0) is 0 Å². The molecule has 1 radical (unpaired) electrons. The Bertz CT molecular complexity index is 154. The molecular formula is H2KO7SU. The summed E-state index contributed by atoms with van der Waals surface area (Å²) in [6.45, 7) is 0. The molecule has 0 aliphatic heterocycles. The summed E-state index contributed by atoms with van der Waals surface area (Å²) < 4.78 is 51.3. The van der Waals surface area contributed by atoms with Crippen LogP contribution >= 0.6 is 0 Å². The van der Waals surface area contributed by atoms with Gasteiger partial charge in [-0.15, -0.1) is 0 Å². The molecule has 0 rings (SSSR count). The van der Waals surface area contributed by atoms with Gasteiger partial charge in [0, 0.05) is 61.8 Å². The molecule has 55 valence electrons. The van der Waals surface area contributed by atoms with Crippen LogP contribution in [0, 0.1) is 27.8 Å². The van der Waals surface area contributed by atoms with Crippen LogP contribution in [0.4, 0.5) is 0 Å². The summed E-state index contributed by atoms with van der Waals surface area (Å²) in [5.74, 6) is 0. The number of hydrogen-bond donors (Lipinski definition) is 0. The fourth-order valence-electron chi connectivity index (χ4n) is 0. The second-order valence-electron chi connectivity index (χ2n) is 0.492.